The quantitative estimate of drug-likeness (QED) is 0.824. The zero-order valence-electron chi connectivity index (χ0n) is 16.1. The monoisotopic (exact) mass is 377 g/mol. The first-order valence-electron chi connectivity index (χ1n) is 10.2. The van der Waals surface area contributed by atoms with Crippen LogP contribution >= 0.6 is 0 Å². The molecule has 2 amide bonds. The van der Waals surface area contributed by atoms with Crippen molar-refractivity contribution in [1.29, 1.82) is 0 Å². The number of nitrogens with one attached hydrogen (secondary N) is 1. The van der Waals surface area contributed by atoms with E-state index in [1.54, 1.807) is 12.1 Å². The SMILES string of the molecule is NC(=O)c1ccc2c(c1)NC(=O)C(CC1CCCCC1)N2Cc1ccccc1. The van der Waals surface area contributed by atoms with E-state index in [0.717, 1.165) is 17.7 Å². The predicted molar refractivity (Wildman–Crippen MR) is 111 cm³/mol. The Morgan fingerprint density at radius 3 is 2.54 bits per heavy atom. The number of carbonyl (C=O) groups excluding carboxylic acids is 2. The molecule has 0 bridgehead atoms. The third-order valence-electron chi connectivity index (χ3n) is 6.00. The Bertz CT molecular complexity index is 859. The average molecular weight is 377 g/mol. The summed E-state index contributed by atoms with van der Waals surface area (Å²) in [6.07, 6.45) is 7.11. The molecule has 1 aliphatic heterocycles. The number of rotatable bonds is 5. The molecule has 0 aromatic heterocycles. The van der Waals surface area contributed by atoms with Crippen LogP contribution in [0, 0.1) is 5.92 Å². The van der Waals surface area contributed by atoms with Crippen LogP contribution in [0.2, 0.25) is 0 Å². The molecular formula is C23H27N3O2. The third kappa shape index (κ3) is 3.88. The van der Waals surface area contributed by atoms with Gasteiger partial charge in [-0.15, -0.1) is 0 Å². The molecule has 0 radical (unpaired) electrons. The van der Waals surface area contributed by atoms with Gasteiger partial charge in [-0.3, -0.25) is 9.59 Å². The number of primary amides is 1. The molecule has 1 unspecified atom stereocenters. The Morgan fingerprint density at radius 2 is 1.82 bits per heavy atom. The molecule has 1 fully saturated rings. The molecule has 146 valence electrons. The number of amides is 2. The van der Waals surface area contributed by atoms with E-state index in [4.69, 9.17) is 5.73 Å². The highest BCUT2D eigenvalue weighted by Gasteiger charge is 2.35. The van der Waals surface area contributed by atoms with Gasteiger partial charge in [0.25, 0.3) is 0 Å². The summed E-state index contributed by atoms with van der Waals surface area (Å²) >= 11 is 0. The largest absolute Gasteiger partial charge is 0.366 e. The zero-order valence-corrected chi connectivity index (χ0v) is 16.1. The highest BCUT2D eigenvalue weighted by molar-refractivity contribution is 6.05. The molecule has 0 saturated heterocycles. The Kier molecular flexibility index (Phi) is 5.33. The lowest BCUT2D eigenvalue weighted by Crippen LogP contribution is -2.48. The lowest BCUT2D eigenvalue weighted by Gasteiger charge is -2.40. The van der Waals surface area contributed by atoms with Gasteiger partial charge >= 0.3 is 0 Å². The summed E-state index contributed by atoms with van der Waals surface area (Å²) in [6, 6.07) is 15.3. The van der Waals surface area contributed by atoms with Gasteiger partial charge in [0.1, 0.15) is 6.04 Å². The maximum atomic E-state index is 13.0. The molecule has 5 heteroatoms. The highest BCUT2D eigenvalue weighted by Crippen LogP contribution is 2.38. The topological polar surface area (TPSA) is 75.4 Å². The number of fused-ring (bicyclic) bond motifs is 1. The van der Waals surface area contributed by atoms with Crippen LogP contribution in [0.5, 0.6) is 0 Å². The van der Waals surface area contributed by atoms with E-state index in [2.05, 4.69) is 22.3 Å². The van der Waals surface area contributed by atoms with Crippen LogP contribution in [0.25, 0.3) is 0 Å². The second-order valence-electron chi connectivity index (χ2n) is 7.95. The minimum atomic E-state index is -0.490. The molecule has 28 heavy (non-hydrogen) atoms. The van der Waals surface area contributed by atoms with E-state index in [9.17, 15) is 9.59 Å². The van der Waals surface area contributed by atoms with Crippen molar-refractivity contribution in [3.05, 3.63) is 59.7 Å². The normalized spacial score (nSPS) is 19.8. The fourth-order valence-electron chi connectivity index (χ4n) is 4.51. The number of carbonyl (C=O) groups is 2. The van der Waals surface area contributed by atoms with Gasteiger partial charge in [-0.05, 0) is 36.1 Å². The first kappa shape index (κ1) is 18.5. The van der Waals surface area contributed by atoms with E-state index >= 15 is 0 Å². The average Bonchev–Trinajstić information content (AvgIpc) is 2.71. The van der Waals surface area contributed by atoms with Crippen molar-refractivity contribution in [1.82, 2.24) is 0 Å². The molecule has 0 spiro atoms. The molecule has 2 aromatic rings. The summed E-state index contributed by atoms with van der Waals surface area (Å²) in [5.41, 5.74) is 8.61. The van der Waals surface area contributed by atoms with Crippen molar-refractivity contribution in [2.24, 2.45) is 11.7 Å². The molecule has 1 aliphatic carbocycles. The Balaban J connectivity index is 1.67. The fourth-order valence-corrected chi connectivity index (χ4v) is 4.51. The molecule has 2 aliphatic rings. The molecule has 1 heterocycles. The second-order valence-corrected chi connectivity index (χ2v) is 7.95. The Labute approximate surface area is 165 Å². The van der Waals surface area contributed by atoms with E-state index < -0.39 is 5.91 Å². The van der Waals surface area contributed by atoms with Gasteiger partial charge < -0.3 is 16.0 Å². The van der Waals surface area contributed by atoms with Gasteiger partial charge in [0.05, 0.1) is 11.4 Å². The summed E-state index contributed by atoms with van der Waals surface area (Å²) in [6.45, 7) is 0.661. The fraction of sp³-hybridized carbons (Fsp3) is 0.391. The second kappa shape index (κ2) is 8.05. The van der Waals surface area contributed by atoms with Crippen molar-refractivity contribution in [2.75, 3.05) is 10.2 Å². The Hall–Kier alpha value is -2.82. The van der Waals surface area contributed by atoms with E-state index in [1.165, 1.54) is 32.1 Å². The van der Waals surface area contributed by atoms with Crippen LogP contribution in [0.1, 0.15) is 54.4 Å². The first-order chi connectivity index (χ1) is 13.6. The van der Waals surface area contributed by atoms with Crippen LogP contribution in [0.4, 0.5) is 11.4 Å². The maximum Gasteiger partial charge on any atom is 0.248 e. The summed E-state index contributed by atoms with van der Waals surface area (Å²) in [7, 11) is 0. The van der Waals surface area contributed by atoms with Crippen molar-refractivity contribution in [3.63, 3.8) is 0 Å². The van der Waals surface area contributed by atoms with E-state index in [-0.39, 0.29) is 11.9 Å². The number of hydrogen-bond donors (Lipinski definition) is 2. The number of hydrogen-bond acceptors (Lipinski definition) is 3. The van der Waals surface area contributed by atoms with Crippen LogP contribution < -0.4 is 16.0 Å². The summed E-state index contributed by atoms with van der Waals surface area (Å²) in [5.74, 6) is 0.112. The standard InChI is InChI=1S/C23H27N3O2/c24-22(27)18-11-12-20-19(14-18)25-23(28)21(13-16-7-3-1-4-8-16)26(20)15-17-9-5-2-6-10-17/h2,5-6,9-12,14,16,21H,1,3-4,7-8,13,15H2,(H2,24,27)(H,25,28). The van der Waals surface area contributed by atoms with Crippen molar-refractivity contribution in [2.45, 2.75) is 51.1 Å². The van der Waals surface area contributed by atoms with Gasteiger partial charge in [-0.1, -0.05) is 62.4 Å². The molecule has 2 aromatic carbocycles. The van der Waals surface area contributed by atoms with Gasteiger partial charge in [0.2, 0.25) is 11.8 Å². The molecule has 4 rings (SSSR count). The number of nitrogens with two attached hydrogens (primary N) is 1. The van der Waals surface area contributed by atoms with Crippen molar-refractivity contribution < 1.29 is 9.59 Å². The smallest absolute Gasteiger partial charge is 0.248 e. The molecule has 3 N–H and O–H groups in total. The molecule has 1 saturated carbocycles. The molecule has 1 atom stereocenters. The zero-order chi connectivity index (χ0) is 19.5. The van der Waals surface area contributed by atoms with Crippen molar-refractivity contribution in [3.8, 4) is 0 Å². The summed E-state index contributed by atoms with van der Waals surface area (Å²) in [5, 5.41) is 3.02. The van der Waals surface area contributed by atoms with Crippen LogP contribution in [0.3, 0.4) is 0 Å². The number of benzene rings is 2. The minimum absolute atomic E-state index is 0.00984. The van der Waals surface area contributed by atoms with E-state index in [1.807, 2.05) is 24.3 Å². The van der Waals surface area contributed by atoms with Crippen molar-refractivity contribution >= 4 is 23.2 Å². The predicted octanol–water partition coefficient (Wildman–Crippen LogP) is 4.08. The minimum Gasteiger partial charge on any atom is -0.366 e. The number of anilines is 2. The molecular weight excluding hydrogens is 350 g/mol. The van der Waals surface area contributed by atoms with E-state index in [0.29, 0.717) is 23.7 Å². The van der Waals surface area contributed by atoms with Crippen LogP contribution in [-0.4, -0.2) is 17.9 Å². The lowest BCUT2D eigenvalue weighted by atomic mass is 9.83. The summed E-state index contributed by atoms with van der Waals surface area (Å²) < 4.78 is 0. The van der Waals surface area contributed by atoms with Gasteiger partial charge in [-0.25, -0.2) is 0 Å². The summed E-state index contributed by atoms with van der Waals surface area (Å²) in [4.78, 5) is 26.8. The van der Waals surface area contributed by atoms with Gasteiger partial charge in [0.15, 0.2) is 0 Å². The lowest BCUT2D eigenvalue weighted by molar-refractivity contribution is -0.118. The van der Waals surface area contributed by atoms with Crippen LogP contribution in [-0.2, 0) is 11.3 Å². The first-order valence-corrected chi connectivity index (χ1v) is 10.2. The maximum absolute atomic E-state index is 13.0. The van der Waals surface area contributed by atoms with Gasteiger partial charge in [-0.2, -0.15) is 0 Å². The molecule has 5 nitrogen and oxygen atoms in total. The third-order valence-corrected chi connectivity index (χ3v) is 6.00. The van der Waals surface area contributed by atoms with Crippen LogP contribution in [0.15, 0.2) is 48.5 Å². The number of nitrogens with zero attached hydrogens (tertiary/aromatic N) is 1. The highest BCUT2D eigenvalue weighted by atomic mass is 16.2. The Morgan fingerprint density at radius 1 is 1.07 bits per heavy atom. The van der Waals surface area contributed by atoms with Gasteiger partial charge in [0, 0.05) is 12.1 Å².